The lowest BCUT2D eigenvalue weighted by Crippen LogP contribution is -2.31. The summed E-state index contributed by atoms with van der Waals surface area (Å²) < 4.78 is 26.1. The Morgan fingerprint density at radius 2 is 2.10 bits per heavy atom. The van der Waals surface area contributed by atoms with Crippen LogP contribution in [0.3, 0.4) is 0 Å². The molecule has 0 aliphatic heterocycles. The van der Waals surface area contributed by atoms with Crippen molar-refractivity contribution in [2.45, 2.75) is 18.7 Å². The molecule has 0 unspecified atom stereocenters. The Labute approximate surface area is 122 Å². The molecule has 110 valence electrons. The molecule has 20 heavy (non-hydrogen) atoms. The van der Waals surface area contributed by atoms with Gasteiger partial charge in [-0.05, 0) is 18.6 Å². The molecular weight excluding hydrogens is 304 g/mol. The smallest absolute Gasteiger partial charge is 0.258 e. The predicted molar refractivity (Wildman–Crippen MR) is 77.5 cm³/mol. The van der Waals surface area contributed by atoms with Crippen molar-refractivity contribution in [3.05, 3.63) is 45.5 Å². The molecule has 1 aromatic carbocycles. The van der Waals surface area contributed by atoms with Crippen molar-refractivity contribution >= 4 is 27.3 Å². The van der Waals surface area contributed by atoms with E-state index in [-0.39, 0.29) is 23.0 Å². The Morgan fingerprint density at radius 1 is 1.50 bits per heavy atom. The van der Waals surface area contributed by atoms with E-state index in [2.05, 4.69) is 6.58 Å². The standard InChI is InChI=1S/C12H15ClN2O4S/c1-4-6-14(5-2)20(18,19)12-8-11(15(16)17)10(13)7-9(12)3/h4,7-8H,1,5-6H2,2-3H3. The van der Waals surface area contributed by atoms with E-state index in [1.54, 1.807) is 13.8 Å². The molecule has 0 saturated heterocycles. The minimum Gasteiger partial charge on any atom is -0.258 e. The molecule has 0 amide bonds. The van der Waals surface area contributed by atoms with Crippen LogP contribution in [0, 0.1) is 17.0 Å². The molecule has 1 aromatic rings. The van der Waals surface area contributed by atoms with Crippen LogP contribution in [0.5, 0.6) is 0 Å². The van der Waals surface area contributed by atoms with Gasteiger partial charge in [-0.15, -0.1) is 6.58 Å². The maximum absolute atomic E-state index is 12.5. The van der Waals surface area contributed by atoms with Crippen LogP contribution < -0.4 is 0 Å². The van der Waals surface area contributed by atoms with Gasteiger partial charge < -0.3 is 0 Å². The summed E-state index contributed by atoms with van der Waals surface area (Å²) in [6.07, 6.45) is 1.46. The van der Waals surface area contributed by atoms with Gasteiger partial charge in [0.1, 0.15) is 5.02 Å². The van der Waals surface area contributed by atoms with E-state index in [9.17, 15) is 18.5 Å². The molecule has 0 saturated carbocycles. The Balaban J connectivity index is 3.48. The van der Waals surface area contributed by atoms with Gasteiger partial charge in [0.25, 0.3) is 5.69 Å². The number of likely N-dealkylation sites (N-methyl/N-ethyl adjacent to an activating group) is 1. The second kappa shape index (κ2) is 6.34. The zero-order valence-electron chi connectivity index (χ0n) is 11.2. The Kier molecular flexibility index (Phi) is 5.27. The van der Waals surface area contributed by atoms with E-state index in [1.165, 1.54) is 16.4 Å². The number of hydrogen-bond donors (Lipinski definition) is 0. The zero-order chi connectivity index (χ0) is 15.5. The quantitative estimate of drug-likeness (QED) is 0.459. The van der Waals surface area contributed by atoms with E-state index in [0.29, 0.717) is 5.56 Å². The van der Waals surface area contributed by atoms with Gasteiger partial charge >= 0.3 is 0 Å². The lowest BCUT2D eigenvalue weighted by atomic mass is 10.2. The van der Waals surface area contributed by atoms with Crippen LogP contribution in [-0.4, -0.2) is 30.7 Å². The fourth-order valence-electron chi connectivity index (χ4n) is 1.74. The van der Waals surface area contributed by atoms with Crippen molar-refractivity contribution in [3.63, 3.8) is 0 Å². The maximum atomic E-state index is 12.5. The van der Waals surface area contributed by atoms with Crippen LogP contribution in [-0.2, 0) is 10.0 Å². The van der Waals surface area contributed by atoms with Crippen molar-refractivity contribution in [1.82, 2.24) is 4.31 Å². The first-order valence-electron chi connectivity index (χ1n) is 5.81. The van der Waals surface area contributed by atoms with Crippen molar-refractivity contribution in [2.75, 3.05) is 13.1 Å². The molecule has 0 heterocycles. The Hall–Kier alpha value is -1.44. The predicted octanol–water partition coefficient (Wildman–Crippen LogP) is 2.75. The highest BCUT2D eigenvalue weighted by Gasteiger charge is 2.27. The van der Waals surface area contributed by atoms with Crippen molar-refractivity contribution < 1.29 is 13.3 Å². The minimum atomic E-state index is -3.82. The largest absolute Gasteiger partial charge is 0.289 e. The number of nitro groups is 1. The molecule has 1 rings (SSSR count). The molecule has 0 spiro atoms. The minimum absolute atomic E-state index is 0.0850. The second-order valence-electron chi connectivity index (χ2n) is 4.07. The summed E-state index contributed by atoms with van der Waals surface area (Å²) in [7, 11) is -3.82. The van der Waals surface area contributed by atoms with E-state index in [0.717, 1.165) is 6.07 Å². The van der Waals surface area contributed by atoms with Crippen LogP contribution in [0.2, 0.25) is 5.02 Å². The average molecular weight is 319 g/mol. The molecular formula is C12H15ClN2O4S. The fraction of sp³-hybridized carbons (Fsp3) is 0.333. The van der Waals surface area contributed by atoms with Crippen LogP contribution >= 0.6 is 11.6 Å². The summed E-state index contributed by atoms with van der Waals surface area (Å²) in [5, 5.41) is 10.8. The van der Waals surface area contributed by atoms with Gasteiger partial charge in [-0.2, -0.15) is 4.31 Å². The number of aryl methyl sites for hydroxylation is 1. The summed E-state index contributed by atoms with van der Waals surface area (Å²) in [4.78, 5) is 10.1. The summed E-state index contributed by atoms with van der Waals surface area (Å²) in [6.45, 7) is 7.10. The summed E-state index contributed by atoms with van der Waals surface area (Å²) in [6, 6.07) is 2.28. The first kappa shape index (κ1) is 16.6. The highest BCUT2D eigenvalue weighted by atomic mass is 35.5. The van der Waals surface area contributed by atoms with E-state index in [1.807, 2.05) is 0 Å². The van der Waals surface area contributed by atoms with Gasteiger partial charge in [-0.3, -0.25) is 10.1 Å². The summed E-state index contributed by atoms with van der Waals surface area (Å²) >= 11 is 5.75. The van der Waals surface area contributed by atoms with Crippen LogP contribution in [0.25, 0.3) is 0 Å². The SMILES string of the molecule is C=CCN(CC)S(=O)(=O)c1cc([N+](=O)[O-])c(Cl)cc1C. The Morgan fingerprint density at radius 3 is 2.55 bits per heavy atom. The number of benzene rings is 1. The summed E-state index contributed by atoms with van der Waals surface area (Å²) in [5.41, 5.74) is -0.0615. The molecule has 0 N–H and O–H groups in total. The lowest BCUT2D eigenvalue weighted by molar-refractivity contribution is -0.384. The van der Waals surface area contributed by atoms with Gasteiger partial charge in [0.15, 0.2) is 0 Å². The van der Waals surface area contributed by atoms with E-state index >= 15 is 0 Å². The third-order valence-electron chi connectivity index (χ3n) is 2.74. The van der Waals surface area contributed by atoms with E-state index < -0.39 is 20.6 Å². The van der Waals surface area contributed by atoms with Crippen molar-refractivity contribution in [2.24, 2.45) is 0 Å². The van der Waals surface area contributed by atoms with Gasteiger partial charge in [0.05, 0.1) is 9.82 Å². The highest BCUT2D eigenvalue weighted by Crippen LogP contribution is 2.31. The first-order valence-corrected chi connectivity index (χ1v) is 7.63. The van der Waals surface area contributed by atoms with Crippen molar-refractivity contribution in [1.29, 1.82) is 0 Å². The van der Waals surface area contributed by atoms with Crippen LogP contribution in [0.4, 0.5) is 5.69 Å². The van der Waals surface area contributed by atoms with Crippen LogP contribution in [0.1, 0.15) is 12.5 Å². The lowest BCUT2D eigenvalue weighted by Gasteiger charge is -2.20. The number of rotatable bonds is 6. The molecule has 0 bridgehead atoms. The third-order valence-corrected chi connectivity index (χ3v) is 5.13. The molecule has 0 aliphatic rings. The van der Waals surface area contributed by atoms with Gasteiger partial charge in [0, 0.05) is 19.2 Å². The number of nitro benzene ring substituents is 1. The summed E-state index contributed by atoms with van der Waals surface area (Å²) in [5.74, 6) is 0. The maximum Gasteiger partial charge on any atom is 0.289 e. The van der Waals surface area contributed by atoms with Crippen molar-refractivity contribution in [3.8, 4) is 0 Å². The number of nitrogens with zero attached hydrogens (tertiary/aromatic N) is 2. The molecule has 0 aromatic heterocycles. The normalized spacial score (nSPS) is 11.6. The average Bonchev–Trinajstić information content (AvgIpc) is 2.34. The monoisotopic (exact) mass is 318 g/mol. The molecule has 0 radical (unpaired) electrons. The molecule has 6 nitrogen and oxygen atoms in total. The molecule has 0 fully saturated rings. The number of sulfonamides is 1. The topological polar surface area (TPSA) is 80.5 Å². The zero-order valence-corrected chi connectivity index (χ0v) is 12.7. The molecule has 0 aliphatic carbocycles. The fourth-order valence-corrected chi connectivity index (χ4v) is 3.67. The van der Waals surface area contributed by atoms with Gasteiger partial charge in [-0.1, -0.05) is 24.6 Å². The molecule has 0 atom stereocenters. The first-order chi connectivity index (χ1) is 9.25. The van der Waals surface area contributed by atoms with Gasteiger partial charge in [0.2, 0.25) is 10.0 Å². The molecule has 8 heteroatoms. The number of halogens is 1. The van der Waals surface area contributed by atoms with Gasteiger partial charge in [-0.25, -0.2) is 8.42 Å². The second-order valence-corrected chi connectivity index (χ2v) is 6.38. The van der Waals surface area contributed by atoms with Crippen LogP contribution in [0.15, 0.2) is 29.7 Å². The highest BCUT2D eigenvalue weighted by molar-refractivity contribution is 7.89. The van der Waals surface area contributed by atoms with E-state index in [4.69, 9.17) is 11.6 Å². The Bertz CT molecular complexity index is 643. The number of hydrogen-bond acceptors (Lipinski definition) is 4. The third kappa shape index (κ3) is 3.17.